The number of alkyl halides is 1. The van der Waals surface area contributed by atoms with Gasteiger partial charge in [0.15, 0.2) is 0 Å². The predicted molar refractivity (Wildman–Crippen MR) is 68.3 cm³/mol. The van der Waals surface area contributed by atoms with Crippen LogP contribution in [0.15, 0.2) is 18.3 Å². The lowest BCUT2D eigenvalue weighted by molar-refractivity contribution is -0.0932. The van der Waals surface area contributed by atoms with Gasteiger partial charge >= 0.3 is 0 Å². The molecule has 4 heteroatoms. The molecule has 4 aliphatic rings. The topological polar surface area (TPSA) is 25.4 Å². The average Bonchev–Trinajstić information content (AvgIpc) is 2.76. The van der Waals surface area contributed by atoms with E-state index in [1.807, 2.05) is 12.3 Å². The summed E-state index contributed by atoms with van der Waals surface area (Å²) in [6.45, 7) is 2.41. The molecule has 5 heterocycles. The van der Waals surface area contributed by atoms with Gasteiger partial charge in [0.05, 0.1) is 0 Å². The second kappa shape index (κ2) is 3.45. The van der Waals surface area contributed by atoms with Crippen molar-refractivity contribution in [2.24, 2.45) is 5.92 Å². The zero-order chi connectivity index (χ0) is 11.5. The number of halogens is 1. The van der Waals surface area contributed by atoms with E-state index in [4.69, 9.17) is 4.74 Å². The molecule has 0 saturated carbocycles. The molecule has 0 N–H and O–H groups in total. The molecule has 2 unspecified atom stereocenters. The standard InChI is InChI=1S/C13H15BrN2O/c14-12-13(10-3-6-16(12)7-4-10)8-9-2-1-5-15-11(9)17-13/h1-2,5,10,12H,3-4,6-8H2. The van der Waals surface area contributed by atoms with Crippen LogP contribution in [0.25, 0.3) is 0 Å². The monoisotopic (exact) mass is 294 g/mol. The van der Waals surface area contributed by atoms with Gasteiger partial charge in [0.25, 0.3) is 0 Å². The third-order valence-corrected chi connectivity index (χ3v) is 5.90. The van der Waals surface area contributed by atoms with Gasteiger partial charge in [0.1, 0.15) is 10.6 Å². The quantitative estimate of drug-likeness (QED) is 0.542. The third kappa shape index (κ3) is 1.28. The highest BCUT2D eigenvalue weighted by atomic mass is 79.9. The summed E-state index contributed by atoms with van der Waals surface area (Å²) in [6, 6.07) is 4.15. The third-order valence-electron chi connectivity index (χ3n) is 4.55. The lowest BCUT2D eigenvalue weighted by atomic mass is 9.73. The van der Waals surface area contributed by atoms with Crippen LogP contribution >= 0.6 is 15.9 Å². The van der Waals surface area contributed by atoms with E-state index in [1.54, 1.807) is 0 Å². The highest BCUT2D eigenvalue weighted by Gasteiger charge is 2.57. The molecule has 4 aliphatic heterocycles. The van der Waals surface area contributed by atoms with Crippen LogP contribution in [0.1, 0.15) is 18.4 Å². The van der Waals surface area contributed by atoms with Crippen molar-refractivity contribution in [2.75, 3.05) is 13.1 Å². The molecule has 5 rings (SSSR count). The van der Waals surface area contributed by atoms with Crippen molar-refractivity contribution in [1.82, 2.24) is 9.88 Å². The molecule has 1 aromatic rings. The first-order valence-corrected chi connectivity index (χ1v) is 7.22. The van der Waals surface area contributed by atoms with Crippen LogP contribution in [0.3, 0.4) is 0 Å². The van der Waals surface area contributed by atoms with Crippen LogP contribution in [0.2, 0.25) is 0 Å². The highest BCUT2D eigenvalue weighted by molar-refractivity contribution is 9.09. The zero-order valence-electron chi connectivity index (χ0n) is 9.60. The Labute approximate surface area is 109 Å². The van der Waals surface area contributed by atoms with Gasteiger partial charge in [-0.15, -0.1) is 0 Å². The Morgan fingerprint density at radius 1 is 1.41 bits per heavy atom. The van der Waals surface area contributed by atoms with Crippen LogP contribution in [0.4, 0.5) is 0 Å². The summed E-state index contributed by atoms with van der Waals surface area (Å²) in [7, 11) is 0. The first-order valence-electron chi connectivity index (χ1n) is 6.31. The van der Waals surface area contributed by atoms with Crippen molar-refractivity contribution in [1.29, 1.82) is 0 Å². The summed E-state index contributed by atoms with van der Waals surface area (Å²) in [5, 5.41) is 0. The number of nitrogens with zero attached hydrogens (tertiary/aromatic N) is 2. The normalized spacial score (nSPS) is 42.5. The minimum atomic E-state index is -0.0623. The Bertz CT molecular complexity index is 427. The van der Waals surface area contributed by atoms with Crippen LogP contribution in [-0.4, -0.2) is 33.5 Å². The zero-order valence-corrected chi connectivity index (χ0v) is 11.2. The molecular weight excluding hydrogens is 280 g/mol. The largest absolute Gasteiger partial charge is 0.468 e. The number of aromatic nitrogens is 1. The van der Waals surface area contributed by atoms with Gasteiger partial charge in [-0.1, -0.05) is 22.0 Å². The Balaban J connectivity index is 1.76. The first kappa shape index (κ1) is 10.3. The van der Waals surface area contributed by atoms with Crippen LogP contribution in [0.5, 0.6) is 5.88 Å². The van der Waals surface area contributed by atoms with E-state index in [9.17, 15) is 0 Å². The second-order valence-corrected chi connectivity index (χ2v) is 6.21. The summed E-state index contributed by atoms with van der Waals surface area (Å²) < 4.78 is 6.28. The SMILES string of the molecule is BrC1N2CCC(CC2)C12Cc1cccnc1O2. The van der Waals surface area contributed by atoms with Crippen molar-refractivity contribution < 1.29 is 4.74 Å². The Morgan fingerprint density at radius 3 is 2.94 bits per heavy atom. The van der Waals surface area contributed by atoms with Gasteiger partial charge < -0.3 is 4.74 Å². The maximum absolute atomic E-state index is 6.28. The molecule has 1 spiro atoms. The Hall–Kier alpha value is -0.610. The lowest BCUT2D eigenvalue weighted by Crippen LogP contribution is -2.65. The molecule has 2 bridgehead atoms. The van der Waals surface area contributed by atoms with Crippen LogP contribution in [-0.2, 0) is 6.42 Å². The van der Waals surface area contributed by atoms with Gasteiger partial charge in [0.2, 0.25) is 5.88 Å². The number of piperidine rings is 3. The number of hydrogen-bond acceptors (Lipinski definition) is 3. The molecule has 3 fully saturated rings. The van der Waals surface area contributed by atoms with Gasteiger partial charge in [-0.25, -0.2) is 4.98 Å². The predicted octanol–water partition coefficient (Wildman–Crippen LogP) is 2.20. The molecule has 0 aliphatic carbocycles. The summed E-state index contributed by atoms with van der Waals surface area (Å²) in [6.07, 6.45) is 5.35. The van der Waals surface area contributed by atoms with E-state index in [0.29, 0.717) is 10.9 Å². The summed E-state index contributed by atoms with van der Waals surface area (Å²) in [5.74, 6) is 1.52. The van der Waals surface area contributed by atoms with Crippen LogP contribution in [0, 0.1) is 5.92 Å². The number of ether oxygens (including phenoxy) is 1. The molecule has 17 heavy (non-hydrogen) atoms. The van der Waals surface area contributed by atoms with Crippen molar-refractivity contribution in [3.63, 3.8) is 0 Å². The number of fused-ring (bicyclic) bond motifs is 3. The van der Waals surface area contributed by atoms with Gasteiger partial charge in [-0.05, 0) is 32.0 Å². The molecule has 90 valence electrons. The molecule has 0 radical (unpaired) electrons. The van der Waals surface area contributed by atoms with E-state index in [1.165, 1.54) is 31.5 Å². The molecule has 0 aromatic carbocycles. The summed E-state index contributed by atoms with van der Waals surface area (Å²) in [4.78, 5) is 7.22. The highest BCUT2D eigenvalue weighted by Crippen LogP contribution is 2.50. The van der Waals surface area contributed by atoms with E-state index < -0.39 is 0 Å². The number of rotatable bonds is 0. The van der Waals surface area contributed by atoms with Crippen LogP contribution < -0.4 is 4.74 Å². The fraction of sp³-hybridized carbons (Fsp3) is 0.615. The maximum Gasteiger partial charge on any atom is 0.217 e. The van der Waals surface area contributed by atoms with E-state index in [-0.39, 0.29) is 5.60 Å². The summed E-state index contributed by atoms with van der Waals surface area (Å²) in [5.41, 5.74) is 1.21. The fourth-order valence-corrected chi connectivity index (χ4v) is 4.68. The first-order chi connectivity index (χ1) is 8.29. The summed E-state index contributed by atoms with van der Waals surface area (Å²) >= 11 is 3.86. The minimum absolute atomic E-state index is 0.0623. The molecule has 0 amide bonds. The smallest absolute Gasteiger partial charge is 0.217 e. The van der Waals surface area contributed by atoms with Gasteiger partial charge in [-0.2, -0.15) is 0 Å². The maximum atomic E-state index is 6.28. The number of hydrogen-bond donors (Lipinski definition) is 0. The van der Waals surface area contributed by atoms with E-state index in [2.05, 4.69) is 31.9 Å². The van der Waals surface area contributed by atoms with Crippen molar-refractivity contribution in [3.05, 3.63) is 23.9 Å². The minimum Gasteiger partial charge on any atom is -0.468 e. The second-order valence-electron chi connectivity index (χ2n) is 5.35. The van der Waals surface area contributed by atoms with Crippen molar-refractivity contribution in [2.45, 2.75) is 29.8 Å². The molecule has 3 saturated heterocycles. The van der Waals surface area contributed by atoms with Gasteiger partial charge in [0, 0.05) is 24.1 Å². The van der Waals surface area contributed by atoms with Crippen molar-refractivity contribution in [3.8, 4) is 5.88 Å². The Morgan fingerprint density at radius 2 is 2.24 bits per heavy atom. The van der Waals surface area contributed by atoms with Crippen molar-refractivity contribution >= 4 is 15.9 Å². The fourth-order valence-electron chi connectivity index (χ4n) is 3.64. The molecular formula is C13H15BrN2O. The average molecular weight is 295 g/mol. The number of pyridine rings is 1. The molecule has 3 nitrogen and oxygen atoms in total. The Kier molecular flexibility index (Phi) is 2.10. The van der Waals surface area contributed by atoms with Gasteiger partial charge in [-0.3, -0.25) is 4.90 Å². The molecule has 1 aromatic heterocycles. The molecule has 2 atom stereocenters. The van der Waals surface area contributed by atoms with E-state index in [0.717, 1.165) is 12.3 Å². The van der Waals surface area contributed by atoms with E-state index >= 15 is 0 Å². The lowest BCUT2D eigenvalue weighted by Gasteiger charge is -2.54.